The van der Waals surface area contributed by atoms with E-state index in [0.29, 0.717) is 18.4 Å². The van der Waals surface area contributed by atoms with E-state index in [2.05, 4.69) is 26.8 Å². The highest BCUT2D eigenvalue weighted by Crippen LogP contribution is 2.73. The molecule has 3 saturated carbocycles. The van der Waals surface area contributed by atoms with Crippen molar-refractivity contribution in [2.24, 2.45) is 34.5 Å². The Labute approximate surface area is 227 Å². The maximum absolute atomic E-state index is 13.6. The summed E-state index contributed by atoms with van der Waals surface area (Å²) in [5, 5.41) is 25.5. The Balaban J connectivity index is 1.44. The highest BCUT2D eigenvalue weighted by atomic mass is 16.7. The molecule has 6 rings (SSSR count). The number of ether oxygens (including phenoxy) is 3. The van der Waals surface area contributed by atoms with Crippen LogP contribution in [0.15, 0.2) is 23.3 Å². The van der Waals surface area contributed by atoms with E-state index >= 15 is 0 Å². The number of carbonyl (C=O) groups excluding carboxylic acids is 1. The monoisotopic (exact) mass is 529 g/mol. The number of hydrogen-bond donors (Lipinski definition) is 2. The summed E-state index contributed by atoms with van der Waals surface area (Å²) in [5.74, 6) is -0.323. The van der Waals surface area contributed by atoms with Crippen molar-refractivity contribution in [2.45, 2.75) is 116 Å². The van der Waals surface area contributed by atoms with Crippen LogP contribution in [0, 0.1) is 34.5 Å². The lowest BCUT2D eigenvalue weighted by atomic mass is 9.58. The summed E-state index contributed by atoms with van der Waals surface area (Å²) < 4.78 is 18.9. The highest BCUT2D eigenvalue weighted by molar-refractivity contribution is 5.69. The van der Waals surface area contributed by atoms with E-state index in [9.17, 15) is 15.0 Å². The normalized spacial score (nSPS) is 46.8. The zero-order valence-electron chi connectivity index (χ0n) is 24.2. The number of aliphatic hydroxyl groups is 2. The third-order valence-electron chi connectivity index (χ3n) is 11.6. The molecule has 1 aliphatic heterocycles. The van der Waals surface area contributed by atoms with Crippen LogP contribution >= 0.6 is 0 Å². The van der Waals surface area contributed by atoms with Crippen molar-refractivity contribution in [3.8, 4) is 0 Å². The second kappa shape index (κ2) is 8.55. The Bertz CT molecular complexity index is 1060. The van der Waals surface area contributed by atoms with Crippen molar-refractivity contribution in [3.63, 3.8) is 0 Å². The van der Waals surface area contributed by atoms with Gasteiger partial charge in [-0.25, -0.2) is 4.79 Å². The van der Waals surface area contributed by atoms with Gasteiger partial charge in [0, 0.05) is 19.0 Å². The average molecular weight is 530 g/mol. The minimum atomic E-state index is -1.67. The molecule has 7 nitrogen and oxygen atoms in total. The Kier molecular flexibility index (Phi) is 6.03. The van der Waals surface area contributed by atoms with Crippen LogP contribution in [-0.2, 0) is 14.2 Å². The van der Waals surface area contributed by atoms with Gasteiger partial charge in [0.15, 0.2) is 11.9 Å². The minimum Gasteiger partial charge on any atom is -0.438 e. The summed E-state index contributed by atoms with van der Waals surface area (Å²) >= 11 is 0. The lowest BCUT2D eigenvalue weighted by Gasteiger charge is -2.55. The summed E-state index contributed by atoms with van der Waals surface area (Å²) in [6.07, 6.45) is 7.51. The van der Waals surface area contributed by atoms with Gasteiger partial charge in [-0.15, -0.1) is 0 Å². The van der Waals surface area contributed by atoms with Crippen molar-refractivity contribution in [3.05, 3.63) is 23.3 Å². The van der Waals surface area contributed by atoms with Crippen LogP contribution in [0.2, 0.25) is 0 Å². The summed E-state index contributed by atoms with van der Waals surface area (Å²) in [6, 6.07) is 0.148. The van der Waals surface area contributed by atoms with E-state index in [1.807, 2.05) is 33.9 Å². The molecular formula is C31H47NO6. The summed E-state index contributed by atoms with van der Waals surface area (Å²) in [4.78, 5) is 15.3. The van der Waals surface area contributed by atoms with Crippen molar-refractivity contribution in [1.82, 2.24) is 4.90 Å². The molecule has 1 heterocycles. The molecule has 5 aliphatic carbocycles. The number of fused-ring (bicyclic) bond motifs is 5. The molecule has 9 atom stereocenters. The Morgan fingerprint density at radius 2 is 1.84 bits per heavy atom. The highest BCUT2D eigenvalue weighted by Gasteiger charge is 2.77. The lowest BCUT2D eigenvalue weighted by molar-refractivity contribution is -0.312. The van der Waals surface area contributed by atoms with Crippen molar-refractivity contribution >= 4 is 6.09 Å². The lowest BCUT2D eigenvalue weighted by Crippen LogP contribution is -2.69. The molecule has 0 radical (unpaired) electrons. The van der Waals surface area contributed by atoms with Gasteiger partial charge in [0.25, 0.3) is 0 Å². The summed E-state index contributed by atoms with van der Waals surface area (Å²) in [6.45, 7) is 12.7. The first-order valence-electron chi connectivity index (χ1n) is 14.8. The predicted octanol–water partition coefficient (Wildman–Crippen LogP) is 4.81. The fourth-order valence-corrected chi connectivity index (χ4v) is 9.41. The molecule has 1 saturated heterocycles. The molecule has 2 bridgehead atoms. The van der Waals surface area contributed by atoms with Gasteiger partial charge in [-0.3, -0.25) is 0 Å². The van der Waals surface area contributed by atoms with Gasteiger partial charge < -0.3 is 29.3 Å². The molecule has 0 aromatic rings. The standard InChI is InChI=1S/C31H47NO6/c1-17-15-30-18(2)13-22-23(28(22,3)4)21(24(30)33)14-19-16-36-29(5,6)38-26(19)31(30,35)25(17)37-27(34)32(7)20-11-9-8-10-12-20/h14-15,18,20-26,33,35H,8-13,16H2,1-7H3/t18-,21+,22-,23+,24?,25+,26-,30+,31-/m1/s1. The molecule has 38 heavy (non-hydrogen) atoms. The zero-order valence-corrected chi connectivity index (χ0v) is 24.2. The molecule has 0 aromatic carbocycles. The fraction of sp³-hybridized carbons (Fsp3) is 0.839. The van der Waals surface area contributed by atoms with E-state index < -0.39 is 41.2 Å². The van der Waals surface area contributed by atoms with Crippen LogP contribution in [-0.4, -0.2) is 70.6 Å². The SMILES string of the molecule is CC1=C[C@]23C(O)[C@@H](C=C4COC(C)(C)O[C@H]4[C@]2(O)[C@H]1OC(=O)N(C)C1CCCCC1)[C@H]1[C@@H](C[C@H]3C)C1(C)C. The van der Waals surface area contributed by atoms with Gasteiger partial charge >= 0.3 is 6.09 Å². The van der Waals surface area contributed by atoms with E-state index in [0.717, 1.165) is 43.3 Å². The van der Waals surface area contributed by atoms with Crippen LogP contribution in [0.3, 0.4) is 0 Å². The molecule has 1 spiro atoms. The summed E-state index contributed by atoms with van der Waals surface area (Å²) in [7, 11) is 1.81. The van der Waals surface area contributed by atoms with E-state index in [1.54, 1.807) is 4.90 Å². The van der Waals surface area contributed by atoms with E-state index in [-0.39, 0.29) is 23.3 Å². The number of amides is 1. The van der Waals surface area contributed by atoms with Gasteiger partial charge in [-0.2, -0.15) is 0 Å². The van der Waals surface area contributed by atoms with E-state index in [4.69, 9.17) is 14.2 Å². The first-order chi connectivity index (χ1) is 17.8. The molecule has 1 unspecified atom stereocenters. The Morgan fingerprint density at radius 1 is 1.16 bits per heavy atom. The number of aliphatic hydroxyl groups excluding tert-OH is 1. The zero-order chi connectivity index (χ0) is 27.4. The maximum Gasteiger partial charge on any atom is 0.410 e. The van der Waals surface area contributed by atoms with Crippen molar-refractivity contribution in [1.29, 1.82) is 0 Å². The quantitative estimate of drug-likeness (QED) is 0.499. The van der Waals surface area contributed by atoms with Gasteiger partial charge in [-0.1, -0.05) is 52.2 Å². The van der Waals surface area contributed by atoms with Crippen molar-refractivity contribution in [2.75, 3.05) is 13.7 Å². The van der Waals surface area contributed by atoms with Gasteiger partial charge in [0.2, 0.25) is 0 Å². The smallest absolute Gasteiger partial charge is 0.410 e. The topological polar surface area (TPSA) is 88.5 Å². The van der Waals surface area contributed by atoms with Crippen molar-refractivity contribution < 1.29 is 29.2 Å². The van der Waals surface area contributed by atoms with Crippen LogP contribution in [0.1, 0.15) is 80.1 Å². The van der Waals surface area contributed by atoms with E-state index in [1.165, 1.54) is 6.42 Å². The molecule has 6 aliphatic rings. The Morgan fingerprint density at radius 3 is 2.53 bits per heavy atom. The number of carbonyl (C=O) groups is 1. The molecular weight excluding hydrogens is 482 g/mol. The minimum absolute atomic E-state index is 0.0428. The first-order valence-corrected chi connectivity index (χ1v) is 14.8. The van der Waals surface area contributed by atoms with Crippen LogP contribution < -0.4 is 0 Å². The fourth-order valence-electron chi connectivity index (χ4n) is 9.41. The van der Waals surface area contributed by atoms with Gasteiger partial charge in [-0.05, 0) is 74.3 Å². The number of nitrogens with zero attached hydrogens (tertiary/aromatic N) is 1. The largest absolute Gasteiger partial charge is 0.438 e. The third-order valence-corrected chi connectivity index (χ3v) is 11.6. The first kappa shape index (κ1) is 26.8. The molecule has 4 fully saturated rings. The second-order valence-corrected chi connectivity index (χ2v) is 14.4. The summed E-state index contributed by atoms with van der Waals surface area (Å²) in [5.41, 5.74) is -0.931. The van der Waals surface area contributed by atoms with Crippen LogP contribution in [0.5, 0.6) is 0 Å². The molecule has 7 heteroatoms. The number of rotatable bonds is 2. The van der Waals surface area contributed by atoms with Crippen LogP contribution in [0.25, 0.3) is 0 Å². The molecule has 1 amide bonds. The van der Waals surface area contributed by atoms with Gasteiger partial charge in [0.1, 0.15) is 11.7 Å². The van der Waals surface area contributed by atoms with Gasteiger partial charge in [0.05, 0.1) is 18.1 Å². The average Bonchev–Trinajstić information content (AvgIpc) is 3.36. The third kappa shape index (κ3) is 3.50. The molecule has 212 valence electrons. The van der Waals surface area contributed by atoms with Crippen LogP contribution in [0.4, 0.5) is 4.79 Å². The molecule has 0 aromatic heterocycles. The Hall–Kier alpha value is -1.41. The second-order valence-electron chi connectivity index (χ2n) is 14.4. The molecule has 2 N–H and O–H groups in total. The predicted molar refractivity (Wildman–Crippen MR) is 143 cm³/mol. The maximum atomic E-state index is 13.6. The number of hydrogen-bond acceptors (Lipinski definition) is 6.